The molecule has 8 nitrogen and oxygen atoms in total. The molecule has 0 aliphatic carbocycles. The number of imidazole rings is 1. The molecule has 4 aromatic heterocycles. The first-order chi connectivity index (χ1) is 15.0. The lowest BCUT2D eigenvalue weighted by Gasteiger charge is -2.32. The molecule has 5 rings (SSSR count). The van der Waals surface area contributed by atoms with Crippen LogP contribution in [0.4, 0.5) is 19.0 Å². The van der Waals surface area contributed by atoms with Crippen LogP contribution in [-0.2, 0) is 6.18 Å². The number of anilines is 1. The Kier molecular flexibility index (Phi) is 4.72. The van der Waals surface area contributed by atoms with Crippen LogP contribution in [0.5, 0.6) is 0 Å². The Morgan fingerprint density at radius 2 is 1.81 bits per heavy atom. The minimum absolute atomic E-state index is 0.185. The van der Waals surface area contributed by atoms with E-state index in [2.05, 4.69) is 34.8 Å². The van der Waals surface area contributed by atoms with Crippen LogP contribution >= 0.6 is 0 Å². The highest BCUT2D eigenvalue weighted by Gasteiger charge is 2.33. The number of halogens is 3. The lowest BCUT2D eigenvalue weighted by Crippen LogP contribution is -2.35. The smallest absolute Gasteiger partial charge is 0.356 e. The molecule has 1 atom stereocenters. The lowest BCUT2D eigenvalue weighted by molar-refractivity contribution is -0.141. The van der Waals surface area contributed by atoms with E-state index >= 15 is 0 Å². The zero-order valence-electron chi connectivity index (χ0n) is 16.2. The van der Waals surface area contributed by atoms with Crippen molar-refractivity contribution in [1.29, 1.82) is 0 Å². The third kappa shape index (κ3) is 3.78. The van der Waals surface area contributed by atoms with Crippen molar-refractivity contribution in [3.05, 3.63) is 60.8 Å². The van der Waals surface area contributed by atoms with Gasteiger partial charge in [-0.1, -0.05) is 0 Å². The zero-order valence-corrected chi connectivity index (χ0v) is 16.2. The average molecular weight is 426 g/mol. The summed E-state index contributed by atoms with van der Waals surface area (Å²) in [6, 6.07) is 3.58. The van der Waals surface area contributed by atoms with Crippen molar-refractivity contribution in [2.24, 2.45) is 0 Å². The number of alkyl halides is 3. The Balaban J connectivity index is 1.47. The maximum atomic E-state index is 13.1. The quantitative estimate of drug-likeness (QED) is 0.497. The van der Waals surface area contributed by atoms with Gasteiger partial charge >= 0.3 is 6.18 Å². The summed E-state index contributed by atoms with van der Waals surface area (Å²) in [5, 5.41) is 0. The molecule has 0 spiro atoms. The Bertz CT molecular complexity index is 1210. The standard InChI is InChI=1S/C20H17F3N8/c21-20(22,23)15-12-31-14(9-28-17(31)10-27-15)19-26-7-4-16(29-19)30-8-1-3-13(11-30)18-24-5-2-6-25-18/h2,4-7,9-10,12-13H,1,3,8,11H2. The van der Waals surface area contributed by atoms with Crippen LogP contribution in [0.25, 0.3) is 17.2 Å². The zero-order chi connectivity index (χ0) is 21.4. The van der Waals surface area contributed by atoms with E-state index in [0.717, 1.165) is 37.6 Å². The minimum atomic E-state index is -4.55. The van der Waals surface area contributed by atoms with Gasteiger partial charge in [-0.25, -0.2) is 29.9 Å². The van der Waals surface area contributed by atoms with E-state index in [0.29, 0.717) is 23.9 Å². The van der Waals surface area contributed by atoms with Crippen LogP contribution in [0, 0.1) is 0 Å². The molecule has 11 heteroatoms. The van der Waals surface area contributed by atoms with Crippen molar-refractivity contribution in [2.75, 3.05) is 18.0 Å². The van der Waals surface area contributed by atoms with Gasteiger partial charge in [0.15, 0.2) is 17.2 Å². The van der Waals surface area contributed by atoms with Crippen molar-refractivity contribution in [3.8, 4) is 11.5 Å². The highest BCUT2D eigenvalue weighted by Crippen LogP contribution is 2.30. The Morgan fingerprint density at radius 3 is 2.61 bits per heavy atom. The van der Waals surface area contributed by atoms with E-state index in [-0.39, 0.29) is 11.6 Å². The molecule has 0 aromatic carbocycles. The molecule has 158 valence electrons. The maximum Gasteiger partial charge on any atom is 0.434 e. The fourth-order valence-corrected chi connectivity index (χ4v) is 3.77. The second-order valence-electron chi connectivity index (χ2n) is 7.27. The summed E-state index contributed by atoms with van der Waals surface area (Å²) in [6.45, 7) is 1.52. The van der Waals surface area contributed by atoms with Gasteiger partial charge in [0.1, 0.15) is 17.3 Å². The summed E-state index contributed by atoms with van der Waals surface area (Å²) in [7, 11) is 0. The van der Waals surface area contributed by atoms with Crippen LogP contribution in [0.15, 0.2) is 49.3 Å². The predicted molar refractivity (Wildman–Crippen MR) is 105 cm³/mol. The molecular formula is C20H17F3N8. The van der Waals surface area contributed by atoms with Gasteiger partial charge in [0.05, 0.1) is 12.4 Å². The van der Waals surface area contributed by atoms with Gasteiger partial charge in [-0.15, -0.1) is 0 Å². The summed E-state index contributed by atoms with van der Waals surface area (Å²) >= 11 is 0. The third-order valence-electron chi connectivity index (χ3n) is 5.25. The van der Waals surface area contributed by atoms with Gasteiger partial charge < -0.3 is 4.90 Å². The number of piperidine rings is 1. The molecule has 1 saturated heterocycles. The SMILES string of the molecule is FC(F)(F)c1cn2c(-c3nccc(N4CCCC(c5ncccn5)C4)n3)cnc2cn1. The van der Waals surface area contributed by atoms with Gasteiger partial charge in [0.25, 0.3) is 0 Å². The van der Waals surface area contributed by atoms with Crippen molar-refractivity contribution >= 4 is 11.5 Å². The molecule has 0 saturated carbocycles. The fraction of sp³-hybridized carbons (Fsp3) is 0.300. The van der Waals surface area contributed by atoms with Gasteiger partial charge in [0.2, 0.25) is 0 Å². The highest BCUT2D eigenvalue weighted by molar-refractivity contribution is 5.58. The van der Waals surface area contributed by atoms with Crippen LogP contribution in [0.3, 0.4) is 0 Å². The highest BCUT2D eigenvalue weighted by atomic mass is 19.4. The number of hydrogen-bond acceptors (Lipinski definition) is 7. The monoisotopic (exact) mass is 426 g/mol. The van der Waals surface area contributed by atoms with Gasteiger partial charge in [-0.05, 0) is 25.0 Å². The molecule has 1 aliphatic heterocycles. The van der Waals surface area contributed by atoms with Crippen LogP contribution in [-0.4, -0.2) is 47.4 Å². The summed E-state index contributed by atoms with van der Waals surface area (Å²) in [4.78, 5) is 27.3. The lowest BCUT2D eigenvalue weighted by atomic mass is 9.97. The molecule has 0 N–H and O–H groups in total. The molecule has 4 aromatic rings. The Labute approximate surface area is 174 Å². The molecule has 0 amide bonds. The number of rotatable bonds is 3. The second-order valence-corrected chi connectivity index (χ2v) is 7.27. The molecule has 0 bridgehead atoms. The second kappa shape index (κ2) is 7.56. The van der Waals surface area contributed by atoms with E-state index in [9.17, 15) is 13.2 Å². The minimum Gasteiger partial charge on any atom is -0.356 e. The maximum absolute atomic E-state index is 13.1. The molecule has 1 aliphatic rings. The van der Waals surface area contributed by atoms with E-state index in [1.807, 2.05) is 0 Å². The largest absolute Gasteiger partial charge is 0.434 e. The molecule has 5 heterocycles. The Morgan fingerprint density at radius 1 is 0.968 bits per heavy atom. The van der Waals surface area contributed by atoms with E-state index in [1.165, 1.54) is 10.6 Å². The van der Waals surface area contributed by atoms with Crippen molar-refractivity contribution in [3.63, 3.8) is 0 Å². The first-order valence-electron chi connectivity index (χ1n) is 9.74. The van der Waals surface area contributed by atoms with Crippen molar-refractivity contribution in [2.45, 2.75) is 24.9 Å². The topological polar surface area (TPSA) is 85.0 Å². The van der Waals surface area contributed by atoms with E-state index in [1.54, 1.807) is 30.7 Å². The van der Waals surface area contributed by atoms with Crippen molar-refractivity contribution < 1.29 is 13.2 Å². The first-order valence-corrected chi connectivity index (χ1v) is 9.74. The van der Waals surface area contributed by atoms with Crippen LogP contribution in [0.2, 0.25) is 0 Å². The summed E-state index contributed by atoms with van der Waals surface area (Å²) in [5.41, 5.74) is -0.349. The predicted octanol–water partition coefficient (Wildman–Crippen LogP) is 3.38. The van der Waals surface area contributed by atoms with Crippen LogP contribution in [0.1, 0.15) is 30.3 Å². The third-order valence-corrected chi connectivity index (χ3v) is 5.25. The number of hydrogen-bond donors (Lipinski definition) is 0. The summed E-state index contributed by atoms with van der Waals surface area (Å²) in [5.74, 6) is 1.98. The molecule has 1 fully saturated rings. The molecular weight excluding hydrogens is 409 g/mol. The number of aromatic nitrogens is 7. The molecule has 0 radical (unpaired) electrons. The van der Waals surface area contributed by atoms with E-state index in [4.69, 9.17) is 0 Å². The van der Waals surface area contributed by atoms with Crippen LogP contribution < -0.4 is 4.90 Å². The first kappa shape index (κ1) is 19.3. The number of fused-ring (bicyclic) bond motifs is 1. The van der Waals surface area contributed by atoms with Gasteiger partial charge in [-0.2, -0.15) is 13.2 Å². The fourth-order valence-electron chi connectivity index (χ4n) is 3.77. The average Bonchev–Trinajstić information content (AvgIpc) is 3.23. The Hall–Kier alpha value is -3.63. The molecule has 1 unspecified atom stereocenters. The van der Waals surface area contributed by atoms with Gasteiger partial charge in [-0.3, -0.25) is 4.40 Å². The summed E-state index contributed by atoms with van der Waals surface area (Å²) < 4.78 is 40.6. The summed E-state index contributed by atoms with van der Waals surface area (Å²) in [6.07, 6.45) is 5.91. The van der Waals surface area contributed by atoms with Gasteiger partial charge in [0, 0.05) is 43.8 Å². The van der Waals surface area contributed by atoms with Crippen molar-refractivity contribution in [1.82, 2.24) is 34.3 Å². The normalized spacial score (nSPS) is 17.3. The van der Waals surface area contributed by atoms with E-state index < -0.39 is 11.9 Å². The number of nitrogens with zero attached hydrogens (tertiary/aromatic N) is 8. The molecule has 31 heavy (non-hydrogen) atoms.